The molecule has 3 aromatic heterocycles. The van der Waals surface area contributed by atoms with Gasteiger partial charge in [-0.3, -0.25) is 4.72 Å². The molecule has 0 saturated carbocycles. The molecule has 5 aromatic rings. The topological polar surface area (TPSA) is 122 Å². The van der Waals surface area contributed by atoms with E-state index in [-0.39, 0.29) is 26.3 Å². The van der Waals surface area contributed by atoms with E-state index in [0.29, 0.717) is 24.4 Å². The molecule has 1 saturated heterocycles. The van der Waals surface area contributed by atoms with Crippen molar-refractivity contribution in [1.82, 2.24) is 19.9 Å². The molecule has 0 unspecified atom stereocenters. The first-order valence-electron chi connectivity index (χ1n) is 12.3. The molecular weight excluding hydrogens is 631 g/mol. The summed E-state index contributed by atoms with van der Waals surface area (Å²) in [5.74, 6) is -2.19. The summed E-state index contributed by atoms with van der Waals surface area (Å²) in [5.41, 5.74) is 0.0571. The van der Waals surface area contributed by atoms with Crippen molar-refractivity contribution in [2.45, 2.75) is 4.90 Å². The summed E-state index contributed by atoms with van der Waals surface area (Å²) < 4.78 is 63.9. The monoisotopic (exact) mass is 649 g/mol. The van der Waals surface area contributed by atoms with Crippen LogP contribution in [0.2, 0.25) is 10.0 Å². The molecular formula is C26H19Cl2F2N7O3S2. The molecule has 4 heterocycles. The molecule has 0 aliphatic carbocycles. The zero-order chi connectivity index (χ0) is 29.4. The number of hydrogen-bond acceptors (Lipinski definition) is 10. The first kappa shape index (κ1) is 28.4. The average Bonchev–Trinajstić information content (AvgIpc) is 3.49. The van der Waals surface area contributed by atoms with Crippen molar-refractivity contribution in [2.24, 2.45) is 0 Å². The highest BCUT2D eigenvalue weighted by Crippen LogP contribution is 2.35. The Labute approximate surface area is 252 Å². The highest BCUT2D eigenvalue weighted by atomic mass is 35.5. The van der Waals surface area contributed by atoms with Gasteiger partial charge in [-0.1, -0.05) is 40.6 Å². The summed E-state index contributed by atoms with van der Waals surface area (Å²) >= 11 is 13.4. The Bertz CT molecular complexity index is 1920. The fourth-order valence-electron chi connectivity index (χ4n) is 4.21. The van der Waals surface area contributed by atoms with Gasteiger partial charge >= 0.3 is 0 Å². The highest BCUT2D eigenvalue weighted by Gasteiger charge is 2.24. The Balaban J connectivity index is 1.33. The van der Waals surface area contributed by atoms with Crippen molar-refractivity contribution in [3.63, 3.8) is 0 Å². The molecule has 0 atom stereocenters. The van der Waals surface area contributed by atoms with Gasteiger partial charge in [0.25, 0.3) is 10.0 Å². The predicted octanol–water partition coefficient (Wildman–Crippen LogP) is 6.11. The minimum atomic E-state index is -4.38. The second kappa shape index (κ2) is 11.5. The van der Waals surface area contributed by atoms with Crippen molar-refractivity contribution in [2.75, 3.05) is 41.2 Å². The van der Waals surface area contributed by atoms with Gasteiger partial charge in [-0.15, -0.1) is 0 Å². The van der Waals surface area contributed by atoms with Gasteiger partial charge in [0.2, 0.25) is 0 Å². The number of benzene rings is 2. The van der Waals surface area contributed by atoms with Crippen LogP contribution in [0.3, 0.4) is 0 Å². The molecule has 1 fully saturated rings. The quantitative estimate of drug-likeness (QED) is 0.215. The Hall–Kier alpha value is -3.69. The van der Waals surface area contributed by atoms with Gasteiger partial charge in [-0.2, -0.15) is 0 Å². The smallest absolute Gasteiger partial charge is 0.263 e. The van der Waals surface area contributed by atoms with Crippen LogP contribution in [-0.4, -0.2) is 54.7 Å². The van der Waals surface area contributed by atoms with Gasteiger partial charge in [0.1, 0.15) is 28.2 Å². The zero-order valence-electron chi connectivity index (χ0n) is 21.3. The highest BCUT2D eigenvalue weighted by molar-refractivity contribution is 7.92. The molecule has 0 bridgehead atoms. The van der Waals surface area contributed by atoms with E-state index < -0.39 is 33.0 Å². The fraction of sp³-hybridized carbons (Fsp3) is 0.154. The zero-order valence-corrected chi connectivity index (χ0v) is 24.5. The number of aromatic nitrogens is 4. The number of nitrogens with zero attached hydrogens (tertiary/aromatic N) is 5. The second-order valence-electron chi connectivity index (χ2n) is 8.96. The molecule has 0 amide bonds. The van der Waals surface area contributed by atoms with Crippen molar-refractivity contribution < 1.29 is 21.9 Å². The first-order valence-corrected chi connectivity index (χ1v) is 15.4. The molecule has 0 radical (unpaired) electrons. The molecule has 16 heteroatoms. The second-order valence-corrected chi connectivity index (χ2v) is 12.4. The molecule has 0 spiro atoms. The number of ether oxygens (including phenoxy) is 1. The maximum absolute atomic E-state index is 15.6. The minimum absolute atomic E-state index is 0.000340. The number of anilines is 4. The van der Waals surface area contributed by atoms with Crippen LogP contribution in [0.1, 0.15) is 0 Å². The van der Waals surface area contributed by atoms with Gasteiger partial charge < -0.3 is 15.0 Å². The Morgan fingerprint density at radius 3 is 2.62 bits per heavy atom. The number of pyridine rings is 1. The average molecular weight is 651 g/mol. The van der Waals surface area contributed by atoms with Gasteiger partial charge in [0.05, 0.1) is 45.0 Å². The van der Waals surface area contributed by atoms with E-state index in [2.05, 4.69) is 34.9 Å². The third-order valence-corrected chi connectivity index (χ3v) is 9.71. The summed E-state index contributed by atoms with van der Waals surface area (Å²) in [6.45, 7) is 2.72. The predicted molar refractivity (Wildman–Crippen MR) is 158 cm³/mol. The molecule has 1 aliphatic heterocycles. The lowest BCUT2D eigenvalue weighted by Gasteiger charge is -2.25. The maximum Gasteiger partial charge on any atom is 0.263 e. The van der Waals surface area contributed by atoms with E-state index >= 15 is 4.39 Å². The van der Waals surface area contributed by atoms with Gasteiger partial charge in [-0.25, -0.2) is 37.1 Å². The molecule has 1 aliphatic rings. The first-order chi connectivity index (χ1) is 20.2. The van der Waals surface area contributed by atoms with Gasteiger partial charge in [0.15, 0.2) is 16.8 Å². The normalized spacial score (nSPS) is 13.9. The van der Waals surface area contributed by atoms with E-state index in [1.54, 1.807) is 18.3 Å². The number of rotatable bonds is 7. The Morgan fingerprint density at radius 1 is 1.00 bits per heavy atom. The van der Waals surface area contributed by atoms with Crippen LogP contribution in [0, 0.1) is 11.6 Å². The van der Waals surface area contributed by atoms with Crippen molar-refractivity contribution in [1.29, 1.82) is 0 Å². The van der Waals surface area contributed by atoms with Crippen LogP contribution in [0.25, 0.3) is 21.6 Å². The summed E-state index contributed by atoms with van der Waals surface area (Å²) in [4.78, 5) is 20.1. The number of nitrogens with one attached hydrogen (secondary N) is 2. The number of halogens is 4. The summed E-state index contributed by atoms with van der Waals surface area (Å²) in [6, 6.07) is 9.35. The number of morpholine rings is 1. The Kier molecular flexibility index (Phi) is 7.81. The lowest BCUT2D eigenvalue weighted by atomic mass is 10.2. The third kappa shape index (κ3) is 5.55. The van der Waals surface area contributed by atoms with E-state index in [9.17, 15) is 12.8 Å². The van der Waals surface area contributed by atoms with E-state index in [1.165, 1.54) is 35.9 Å². The van der Waals surface area contributed by atoms with Crippen molar-refractivity contribution >= 4 is 77.9 Å². The van der Waals surface area contributed by atoms with Crippen LogP contribution in [0.15, 0.2) is 59.9 Å². The molecule has 6 rings (SSSR count). The number of hydrogen-bond donors (Lipinski definition) is 2. The van der Waals surface area contributed by atoms with Crippen LogP contribution >= 0.6 is 34.5 Å². The summed E-state index contributed by atoms with van der Waals surface area (Å²) in [5, 5.41) is 3.22. The van der Waals surface area contributed by atoms with Crippen LogP contribution in [0.4, 0.5) is 31.1 Å². The summed E-state index contributed by atoms with van der Waals surface area (Å²) in [7, 11) is -4.38. The number of sulfonamides is 1. The molecule has 2 aromatic carbocycles. The Morgan fingerprint density at radius 2 is 1.81 bits per heavy atom. The van der Waals surface area contributed by atoms with Crippen molar-refractivity contribution in [3.05, 3.63) is 76.7 Å². The van der Waals surface area contributed by atoms with E-state index in [1.807, 2.05) is 0 Å². The standard InChI is InChI=1S/C26H19Cl2F2N7O3S2/c27-14-2-1-3-20(21(14)28)42(38,39)36-17-5-4-15(29)23(22(17)30)35-25-24-18(32-13-33-25)7-6-16(34-24)19-12-31-26(41-19)37-8-10-40-11-9-37/h1-7,12-13,36H,8-11H2,(H,32,33,35). The van der Waals surface area contributed by atoms with Gasteiger partial charge in [0, 0.05) is 19.3 Å². The molecule has 2 N–H and O–H groups in total. The minimum Gasteiger partial charge on any atom is -0.378 e. The third-order valence-electron chi connectivity index (χ3n) is 6.29. The van der Waals surface area contributed by atoms with E-state index in [4.69, 9.17) is 27.9 Å². The number of thiazole rings is 1. The van der Waals surface area contributed by atoms with Gasteiger partial charge in [-0.05, 0) is 36.4 Å². The maximum atomic E-state index is 15.6. The van der Waals surface area contributed by atoms with Crippen LogP contribution < -0.4 is 14.9 Å². The van der Waals surface area contributed by atoms with E-state index in [0.717, 1.165) is 35.2 Å². The van der Waals surface area contributed by atoms with Crippen LogP contribution in [0.5, 0.6) is 0 Å². The summed E-state index contributed by atoms with van der Waals surface area (Å²) in [6.07, 6.45) is 2.93. The lowest BCUT2D eigenvalue weighted by molar-refractivity contribution is 0.122. The molecule has 216 valence electrons. The molecule has 42 heavy (non-hydrogen) atoms. The lowest BCUT2D eigenvalue weighted by Crippen LogP contribution is -2.36. The fourth-order valence-corrected chi connectivity index (χ4v) is 6.97. The van der Waals surface area contributed by atoms with Crippen molar-refractivity contribution in [3.8, 4) is 10.6 Å². The van der Waals surface area contributed by atoms with Crippen LogP contribution in [-0.2, 0) is 14.8 Å². The largest absolute Gasteiger partial charge is 0.378 e. The SMILES string of the molecule is O=S(=O)(Nc1ccc(F)c(Nc2ncnc3ccc(-c4cnc(N5CCOCC5)s4)nc23)c1F)c1cccc(Cl)c1Cl. The number of fused-ring (bicyclic) bond motifs is 1. The molecule has 10 nitrogen and oxygen atoms in total.